The van der Waals surface area contributed by atoms with Gasteiger partial charge in [-0.25, -0.2) is 0 Å². The molecular formula is C18H29BrO2Si. The van der Waals surface area contributed by atoms with E-state index in [4.69, 9.17) is 4.43 Å². The lowest BCUT2D eigenvalue weighted by atomic mass is 9.83. The highest BCUT2D eigenvalue weighted by Gasteiger charge is 2.39. The molecule has 0 bridgehead atoms. The van der Waals surface area contributed by atoms with Crippen molar-refractivity contribution in [1.29, 1.82) is 0 Å². The summed E-state index contributed by atoms with van der Waals surface area (Å²) < 4.78 is 7.22. The van der Waals surface area contributed by atoms with Crippen molar-refractivity contribution in [3.63, 3.8) is 0 Å². The van der Waals surface area contributed by atoms with Crippen LogP contribution >= 0.6 is 15.9 Å². The first-order valence-electron chi connectivity index (χ1n) is 7.62. The first kappa shape index (κ1) is 19.5. The Labute approximate surface area is 144 Å². The van der Waals surface area contributed by atoms with Gasteiger partial charge in [-0.15, -0.1) is 6.58 Å². The second-order valence-electron chi connectivity index (χ2n) is 7.95. The third kappa shape index (κ3) is 4.03. The van der Waals surface area contributed by atoms with Gasteiger partial charge in [-0.3, -0.25) is 0 Å². The molecule has 0 saturated heterocycles. The molecule has 0 radical (unpaired) electrons. The lowest BCUT2D eigenvalue weighted by molar-refractivity contribution is 0.0814. The quantitative estimate of drug-likeness (QED) is 0.492. The van der Waals surface area contributed by atoms with E-state index in [0.717, 1.165) is 15.8 Å². The van der Waals surface area contributed by atoms with Gasteiger partial charge in [-0.05, 0) is 45.7 Å². The third-order valence-corrected chi connectivity index (χ3v) is 9.88. The van der Waals surface area contributed by atoms with Crippen molar-refractivity contribution in [3.05, 3.63) is 40.9 Å². The van der Waals surface area contributed by atoms with E-state index in [1.165, 1.54) is 0 Å². The van der Waals surface area contributed by atoms with Crippen molar-refractivity contribution >= 4 is 24.2 Å². The molecule has 2 nitrogen and oxygen atoms in total. The van der Waals surface area contributed by atoms with Gasteiger partial charge >= 0.3 is 0 Å². The molecule has 0 aliphatic carbocycles. The number of hydrogen-bond donors (Lipinski definition) is 1. The molecule has 4 heteroatoms. The molecule has 0 heterocycles. The number of benzene rings is 1. The summed E-state index contributed by atoms with van der Waals surface area (Å²) in [4.78, 5) is 0. The zero-order valence-electron chi connectivity index (χ0n) is 14.8. The van der Waals surface area contributed by atoms with E-state index in [-0.39, 0.29) is 5.04 Å². The molecular weight excluding hydrogens is 356 g/mol. The number of aliphatic hydroxyl groups excluding tert-OH is 1. The SMILES string of the molecule is C=CC(C)(C)C(O)c1cccc(O[Si](C)(C)C(C)(C)C)c1Br. The van der Waals surface area contributed by atoms with Crippen molar-refractivity contribution in [2.45, 2.75) is 58.9 Å². The fraction of sp³-hybridized carbons (Fsp3) is 0.556. The van der Waals surface area contributed by atoms with Crippen LogP contribution in [0.4, 0.5) is 0 Å². The zero-order valence-corrected chi connectivity index (χ0v) is 17.4. The zero-order chi connectivity index (χ0) is 17.3. The Hall–Kier alpha value is -0.583. The number of rotatable bonds is 5. The molecule has 1 atom stereocenters. The van der Waals surface area contributed by atoms with Gasteiger partial charge in [0.2, 0.25) is 0 Å². The van der Waals surface area contributed by atoms with Gasteiger partial charge < -0.3 is 9.53 Å². The van der Waals surface area contributed by atoms with E-state index in [9.17, 15) is 5.11 Å². The van der Waals surface area contributed by atoms with E-state index in [0.29, 0.717) is 0 Å². The molecule has 1 N–H and O–H groups in total. The molecule has 22 heavy (non-hydrogen) atoms. The summed E-state index contributed by atoms with van der Waals surface area (Å²) in [5.74, 6) is 0.808. The van der Waals surface area contributed by atoms with E-state index >= 15 is 0 Å². The summed E-state index contributed by atoms with van der Waals surface area (Å²) in [6.07, 6.45) is 1.15. The maximum Gasteiger partial charge on any atom is 0.250 e. The van der Waals surface area contributed by atoms with Crippen molar-refractivity contribution in [2.75, 3.05) is 0 Å². The van der Waals surface area contributed by atoms with Crippen LogP contribution in [0.15, 0.2) is 35.3 Å². The van der Waals surface area contributed by atoms with Crippen LogP contribution in [0.5, 0.6) is 5.75 Å². The molecule has 0 aliphatic heterocycles. The van der Waals surface area contributed by atoms with Crippen LogP contribution in [0.3, 0.4) is 0 Å². The Morgan fingerprint density at radius 2 is 1.77 bits per heavy atom. The van der Waals surface area contributed by atoms with Gasteiger partial charge in [-0.2, -0.15) is 0 Å². The number of aliphatic hydroxyl groups is 1. The first-order valence-corrected chi connectivity index (χ1v) is 11.3. The van der Waals surface area contributed by atoms with Crippen LogP contribution < -0.4 is 4.43 Å². The van der Waals surface area contributed by atoms with Crippen molar-refractivity contribution in [2.24, 2.45) is 5.41 Å². The van der Waals surface area contributed by atoms with Gasteiger partial charge in [0.1, 0.15) is 5.75 Å². The Balaban J connectivity index is 3.23. The fourth-order valence-corrected chi connectivity index (χ4v) is 3.50. The summed E-state index contributed by atoms with van der Waals surface area (Å²) in [5, 5.41) is 10.8. The van der Waals surface area contributed by atoms with Crippen LogP contribution in [0.2, 0.25) is 18.1 Å². The fourth-order valence-electron chi connectivity index (χ4n) is 1.76. The molecule has 0 saturated carbocycles. The van der Waals surface area contributed by atoms with Gasteiger partial charge in [0.05, 0.1) is 10.6 Å². The predicted molar refractivity (Wildman–Crippen MR) is 101 cm³/mol. The summed E-state index contributed by atoms with van der Waals surface area (Å²) in [5.41, 5.74) is 0.430. The molecule has 1 rings (SSSR count). The van der Waals surface area contributed by atoms with Crippen LogP contribution in [0.25, 0.3) is 0 Å². The average molecular weight is 385 g/mol. The van der Waals surface area contributed by atoms with E-state index in [2.05, 4.69) is 56.4 Å². The number of halogens is 1. The molecule has 0 fully saturated rings. The Morgan fingerprint density at radius 3 is 2.23 bits per heavy atom. The summed E-state index contributed by atoms with van der Waals surface area (Å²) in [6.45, 7) is 18.8. The summed E-state index contributed by atoms with van der Waals surface area (Å²) in [7, 11) is -1.92. The molecule has 1 aromatic rings. The lowest BCUT2D eigenvalue weighted by Crippen LogP contribution is -2.44. The van der Waals surface area contributed by atoms with Crippen LogP contribution in [0.1, 0.15) is 46.3 Å². The van der Waals surface area contributed by atoms with E-state index < -0.39 is 19.8 Å². The van der Waals surface area contributed by atoms with Crippen LogP contribution in [-0.2, 0) is 0 Å². The second-order valence-corrected chi connectivity index (χ2v) is 13.5. The molecule has 1 aromatic carbocycles. The standard InChI is InChI=1S/C18H29BrO2Si/c1-9-18(5,6)16(20)13-11-10-12-14(15(13)19)21-22(7,8)17(2,3)4/h9-12,16,20H,1H2,2-8H3. The lowest BCUT2D eigenvalue weighted by Gasteiger charge is -2.37. The largest absolute Gasteiger partial charge is 0.543 e. The third-order valence-electron chi connectivity index (χ3n) is 4.69. The van der Waals surface area contributed by atoms with Crippen molar-refractivity contribution in [1.82, 2.24) is 0 Å². The maximum absolute atomic E-state index is 10.7. The molecule has 124 valence electrons. The Morgan fingerprint density at radius 1 is 1.23 bits per heavy atom. The smallest absolute Gasteiger partial charge is 0.250 e. The Bertz CT molecular complexity index is 545. The molecule has 1 unspecified atom stereocenters. The molecule has 0 spiro atoms. The Kier molecular flexibility index (Phi) is 5.75. The van der Waals surface area contributed by atoms with Gasteiger partial charge in [0.15, 0.2) is 0 Å². The minimum absolute atomic E-state index is 0.126. The minimum atomic E-state index is -1.92. The van der Waals surface area contributed by atoms with Gasteiger partial charge in [-0.1, -0.05) is 52.8 Å². The highest BCUT2D eigenvalue weighted by Crippen LogP contribution is 2.43. The first-order chi connectivity index (χ1) is 9.83. The molecule has 0 aromatic heterocycles. The topological polar surface area (TPSA) is 29.5 Å². The maximum atomic E-state index is 10.7. The highest BCUT2D eigenvalue weighted by molar-refractivity contribution is 9.10. The normalized spacial score (nSPS) is 14.6. The van der Waals surface area contributed by atoms with Crippen LogP contribution in [-0.4, -0.2) is 13.4 Å². The van der Waals surface area contributed by atoms with Gasteiger partial charge in [0.25, 0.3) is 8.32 Å². The van der Waals surface area contributed by atoms with Crippen LogP contribution in [0, 0.1) is 5.41 Å². The number of hydrogen-bond acceptors (Lipinski definition) is 2. The second kappa shape index (κ2) is 6.50. The van der Waals surface area contributed by atoms with Crippen molar-refractivity contribution in [3.8, 4) is 5.75 Å². The van der Waals surface area contributed by atoms with E-state index in [1.54, 1.807) is 6.08 Å². The minimum Gasteiger partial charge on any atom is -0.543 e. The summed E-state index contributed by atoms with van der Waals surface area (Å²) in [6, 6.07) is 5.82. The molecule has 0 amide bonds. The summed E-state index contributed by atoms with van der Waals surface area (Å²) >= 11 is 3.63. The molecule has 0 aliphatic rings. The highest BCUT2D eigenvalue weighted by atomic mass is 79.9. The van der Waals surface area contributed by atoms with Gasteiger partial charge in [0, 0.05) is 5.41 Å². The monoisotopic (exact) mass is 384 g/mol. The average Bonchev–Trinajstić information content (AvgIpc) is 2.39. The van der Waals surface area contributed by atoms with Crippen molar-refractivity contribution < 1.29 is 9.53 Å². The predicted octanol–water partition coefficient (Wildman–Crippen LogP) is 6.08. The van der Waals surface area contributed by atoms with E-state index in [1.807, 2.05) is 32.0 Å².